The van der Waals surface area contributed by atoms with Crippen molar-refractivity contribution in [3.8, 4) is 0 Å². The molecule has 0 bridgehead atoms. The fourth-order valence-electron chi connectivity index (χ4n) is 2.16. The normalized spacial score (nSPS) is 12.6. The molecule has 2 N–H and O–H groups in total. The number of fused-ring (bicyclic) bond motifs is 1. The molecule has 2 aromatic rings. The summed E-state index contributed by atoms with van der Waals surface area (Å²) in [5.74, 6) is -1.55. The Bertz CT molecular complexity index is 658. The van der Waals surface area contributed by atoms with Gasteiger partial charge in [0.2, 0.25) is 0 Å². The Morgan fingerprint density at radius 2 is 1.95 bits per heavy atom. The average molecular weight is 274 g/mol. The van der Waals surface area contributed by atoms with Crippen LogP contribution >= 0.6 is 0 Å². The number of aryl methyl sites for hydroxylation is 1. The van der Waals surface area contributed by atoms with Gasteiger partial charge in [0.1, 0.15) is 6.04 Å². The summed E-state index contributed by atoms with van der Waals surface area (Å²) in [6, 6.07) is 6.37. The smallest absolute Gasteiger partial charge is 0.326 e. The van der Waals surface area contributed by atoms with E-state index in [0.717, 1.165) is 10.9 Å². The van der Waals surface area contributed by atoms with Gasteiger partial charge < -0.3 is 15.0 Å². The van der Waals surface area contributed by atoms with Gasteiger partial charge in [0.15, 0.2) is 0 Å². The second kappa shape index (κ2) is 5.36. The first-order chi connectivity index (χ1) is 9.40. The van der Waals surface area contributed by atoms with E-state index >= 15 is 0 Å². The highest BCUT2D eigenvalue weighted by atomic mass is 16.4. The van der Waals surface area contributed by atoms with Crippen molar-refractivity contribution in [1.29, 1.82) is 0 Å². The highest BCUT2D eigenvalue weighted by Gasteiger charge is 2.23. The molecule has 5 heteroatoms. The van der Waals surface area contributed by atoms with Crippen LogP contribution in [-0.4, -0.2) is 27.6 Å². The van der Waals surface area contributed by atoms with Gasteiger partial charge in [-0.05, 0) is 30.2 Å². The van der Waals surface area contributed by atoms with Crippen LogP contribution in [0.3, 0.4) is 0 Å². The molecule has 0 spiro atoms. The second-order valence-corrected chi connectivity index (χ2v) is 5.23. The Kier molecular flexibility index (Phi) is 3.79. The summed E-state index contributed by atoms with van der Waals surface area (Å²) >= 11 is 0. The number of carbonyl (C=O) groups is 2. The lowest BCUT2D eigenvalue weighted by atomic mass is 10.0. The Morgan fingerprint density at radius 3 is 2.55 bits per heavy atom. The third-order valence-electron chi connectivity index (χ3n) is 3.37. The van der Waals surface area contributed by atoms with E-state index in [9.17, 15) is 9.59 Å². The van der Waals surface area contributed by atoms with Crippen LogP contribution in [-0.2, 0) is 11.8 Å². The Hall–Kier alpha value is -2.30. The fraction of sp³-hybridized carbons (Fsp3) is 0.333. The van der Waals surface area contributed by atoms with Crippen LogP contribution in [0.1, 0.15) is 24.2 Å². The number of rotatable bonds is 4. The lowest BCUT2D eigenvalue weighted by Gasteiger charge is -2.17. The van der Waals surface area contributed by atoms with Crippen molar-refractivity contribution in [3.63, 3.8) is 0 Å². The maximum absolute atomic E-state index is 12.1. The average Bonchev–Trinajstić information content (AvgIpc) is 2.76. The first-order valence-corrected chi connectivity index (χ1v) is 6.49. The quantitative estimate of drug-likeness (QED) is 0.896. The van der Waals surface area contributed by atoms with Gasteiger partial charge in [-0.3, -0.25) is 4.79 Å². The molecule has 0 radical (unpaired) electrons. The van der Waals surface area contributed by atoms with Crippen molar-refractivity contribution in [2.24, 2.45) is 13.0 Å². The predicted octanol–water partition coefficient (Wildman–Crippen LogP) is 2.02. The molecule has 1 amide bonds. The molecule has 106 valence electrons. The number of nitrogens with one attached hydrogen (secondary N) is 1. The number of hydrogen-bond donors (Lipinski definition) is 2. The molecule has 1 aromatic carbocycles. The van der Waals surface area contributed by atoms with Crippen LogP contribution in [0, 0.1) is 5.92 Å². The number of carboxylic acids is 1. The van der Waals surface area contributed by atoms with Crippen LogP contribution in [0.4, 0.5) is 0 Å². The fourth-order valence-corrected chi connectivity index (χ4v) is 2.16. The highest BCUT2D eigenvalue weighted by molar-refractivity contribution is 5.99. The molecule has 0 aliphatic carbocycles. The first kappa shape index (κ1) is 14.1. The van der Waals surface area contributed by atoms with E-state index in [4.69, 9.17) is 5.11 Å². The van der Waals surface area contributed by atoms with E-state index in [2.05, 4.69) is 5.32 Å². The molecule has 5 nitrogen and oxygen atoms in total. The number of carbonyl (C=O) groups excluding carboxylic acids is 1. The van der Waals surface area contributed by atoms with Crippen molar-refractivity contribution in [2.75, 3.05) is 0 Å². The van der Waals surface area contributed by atoms with Crippen LogP contribution in [0.15, 0.2) is 30.5 Å². The molecule has 0 aliphatic heterocycles. The Balaban J connectivity index is 2.24. The van der Waals surface area contributed by atoms with Crippen LogP contribution < -0.4 is 5.32 Å². The predicted molar refractivity (Wildman–Crippen MR) is 76.6 cm³/mol. The summed E-state index contributed by atoms with van der Waals surface area (Å²) in [5.41, 5.74) is 1.50. The standard InChI is InChI=1S/C15H18N2O3/c1-9(2)13(15(19)20)16-14(18)11-4-5-12-10(8-11)6-7-17(12)3/h4-9,13H,1-3H3,(H,16,18)(H,19,20). The molecule has 2 rings (SSSR count). The minimum atomic E-state index is -1.02. The lowest BCUT2D eigenvalue weighted by Crippen LogP contribution is -2.44. The zero-order valence-electron chi connectivity index (χ0n) is 11.8. The van der Waals surface area contributed by atoms with Gasteiger partial charge >= 0.3 is 5.97 Å². The van der Waals surface area contributed by atoms with Gasteiger partial charge in [0.25, 0.3) is 5.91 Å². The van der Waals surface area contributed by atoms with Crippen molar-refractivity contribution in [1.82, 2.24) is 9.88 Å². The summed E-state index contributed by atoms with van der Waals surface area (Å²) in [5, 5.41) is 12.6. The van der Waals surface area contributed by atoms with Gasteiger partial charge in [0.05, 0.1) is 0 Å². The zero-order valence-corrected chi connectivity index (χ0v) is 11.8. The topological polar surface area (TPSA) is 71.3 Å². The number of hydrogen-bond acceptors (Lipinski definition) is 2. The van der Waals surface area contributed by atoms with E-state index in [1.807, 2.05) is 29.9 Å². The summed E-state index contributed by atoms with van der Waals surface area (Å²) < 4.78 is 1.96. The monoisotopic (exact) mass is 274 g/mol. The molecule has 1 unspecified atom stereocenters. The highest BCUT2D eigenvalue weighted by Crippen LogP contribution is 2.17. The lowest BCUT2D eigenvalue weighted by molar-refractivity contribution is -0.140. The molecule has 0 saturated carbocycles. The summed E-state index contributed by atoms with van der Waals surface area (Å²) in [6.45, 7) is 3.53. The summed E-state index contributed by atoms with van der Waals surface area (Å²) in [4.78, 5) is 23.2. The molecule has 0 saturated heterocycles. The number of aliphatic carboxylic acids is 1. The number of aromatic nitrogens is 1. The van der Waals surface area contributed by atoms with Crippen LogP contribution in [0.2, 0.25) is 0 Å². The number of amides is 1. The van der Waals surface area contributed by atoms with Gasteiger partial charge in [-0.15, -0.1) is 0 Å². The minimum Gasteiger partial charge on any atom is -0.480 e. The first-order valence-electron chi connectivity index (χ1n) is 6.49. The maximum Gasteiger partial charge on any atom is 0.326 e. The van der Waals surface area contributed by atoms with E-state index < -0.39 is 12.0 Å². The Labute approximate surface area is 117 Å². The zero-order chi connectivity index (χ0) is 14.9. The number of carboxylic acid groups (broad SMARTS) is 1. The minimum absolute atomic E-state index is 0.170. The number of benzene rings is 1. The van der Waals surface area contributed by atoms with E-state index in [1.165, 1.54) is 0 Å². The molecule has 0 aliphatic rings. The van der Waals surface area contributed by atoms with Crippen LogP contribution in [0.25, 0.3) is 10.9 Å². The third-order valence-corrected chi connectivity index (χ3v) is 3.37. The SMILES string of the molecule is CC(C)C(NC(=O)c1ccc2c(ccn2C)c1)C(=O)O. The van der Waals surface area contributed by atoms with Gasteiger partial charge in [0, 0.05) is 29.7 Å². The van der Waals surface area contributed by atoms with Gasteiger partial charge in [-0.25, -0.2) is 4.79 Å². The molecule has 1 atom stereocenters. The van der Waals surface area contributed by atoms with Crippen molar-refractivity contribution >= 4 is 22.8 Å². The van der Waals surface area contributed by atoms with E-state index in [0.29, 0.717) is 5.56 Å². The number of nitrogens with zero attached hydrogens (tertiary/aromatic N) is 1. The van der Waals surface area contributed by atoms with Crippen molar-refractivity contribution in [2.45, 2.75) is 19.9 Å². The molecule has 1 aromatic heterocycles. The summed E-state index contributed by atoms with van der Waals surface area (Å²) in [6.07, 6.45) is 1.92. The molecule has 20 heavy (non-hydrogen) atoms. The molecular formula is C15H18N2O3. The summed E-state index contributed by atoms with van der Waals surface area (Å²) in [7, 11) is 1.93. The third kappa shape index (κ3) is 2.66. The largest absolute Gasteiger partial charge is 0.480 e. The van der Waals surface area contributed by atoms with Gasteiger partial charge in [-0.1, -0.05) is 13.8 Å². The van der Waals surface area contributed by atoms with Crippen LogP contribution in [0.5, 0.6) is 0 Å². The van der Waals surface area contributed by atoms with Crippen molar-refractivity contribution in [3.05, 3.63) is 36.0 Å². The Morgan fingerprint density at radius 1 is 1.25 bits per heavy atom. The van der Waals surface area contributed by atoms with Crippen molar-refractivity contribution < 1.29 is 14.7 Å². The van der Waals surface area contributed by atoms with Gasteiger partial charge in [-0.2, -0.15) is 0 Å². The maximum atomic E-state index is 12.1. The van der Waals surface area contributed by atoms with E-state index in [1.54, 1.807) is 26.0 Å². The van der Waals surface area contributed by atoms with E-state index in [-0.39, 0.29) is 11.8 Å². The molecule has 1 heterocycles. The second-order valence-electron chi connectivity index (χ2n) is 5.23. The molecule has 0 fully saturated rings. The molecular weight excluding hydrogens is 256 g/mol.